The average molecular weight is 477 g/mol. The van der Waals surface area contributed by atoms with Gasteiger partial charge in [0.1, 0.15) is 24.2 Å². The molecule has 4 atom stereocenters. The Morgan fingerprint density at radius 1 is 1.21 bits per heavy atom. The van der Waals surface area contributed by atoms with Crippen molar-refractivity contribution in [1.29, 1.82) is 0 Å². The summed E-state index contributed by atoms with van der Waals surface area (Å²) in [5, 5.41) is 16.9. The number of carboxylic acids is 1. The van der Waals surface area contributed by atoms with Crippen molar-refractivity contribution in [2.24, 2.45) is 5.73 Å². The Hall–Kier alpha value is -3.97. The topological polar surface area (TPSA) is 217 Å². The van der Waals surface area contributed by atoms with Gasteiger partial charge in [0.05, 0.1) is 12.7 Å². The van der Waals surface area contributed by atoms with Gasteiger partial charge in [-0.25, -0.2) is 9.78 Å². The number of H-pyrrole nitrogens is 1. The van der Waals surface area contributed by atoms with E-state index in [0.717, 1.165) is 4.90 Å². The Labute approximate surface area is 194 Å². The molecule has 184 valence electrons. The van der Waals surface area contributed by atoms with Gasteiger partial charge in [0.25, 0.3) is 0 Å². The van der Waals surface area contributed by atoms with Gasteiger partial charge in [-0.1, -0.05) is 0 Å². The van der Waals surface area contributed by atoms with Crippen LogP contribution in [-0.2, 0) is 35.2 Å². The molecule has 2 aliphatic heterocycles. The van der Waals surface area contributed by atoms with Gasteiger partial charge in [-0.2, -0.15) is 0 Å². The van der Waals surface area contributed by atoms with Crippen molar-refractivity contribution >= 4 is 35.5 Å². The minimum Gasteiger partial charge on any atom is -0.480 e. The number of nitrogens with two attached hydrogens (primary N) is 1. The summed E-state index contributed by atoms with van der Waals surface area (Å²) in [5.41, 5.74) is 5.77. The first-order valence-electron chi connectivity index (χ1n) is 10.8. The fraction of sp³-hybridized carbons (Fsp3) is 0.550. The molecule has 5 amide bonds. The molecule has 0 spiro atoms. The molecule has 0 aliphatic carbocycles. The molecule has 7 N–H and O–H groups in total. The highest BCUT2D eigenvalue weighted by atomic mass is 16.4. The molecule has 1 aromatic heterocycles. The summed E-state index contributed by atoms with van der Waals surface area (Å²) in [6, 6.07) is -4.44. The quantitative estimate of drug-likeness (QED) is 0.206. The second kappa shape index (κ2) is 10.8. The highest BCUT2D eigenvalue weighted by Gasteiger charge is 2.39. The van der Waals surface area contributed by atoms with Gasteiger partial charge in [-0.05, 0) is 19.3 Å². The Morgan fingerprint density at radius 2 is 1.97 bits per heavy atom. The molecular weight excluding hydrogens is 450 g/mol. The van der Waals surface area contributed by atoms with E-state index in [-0.39, 0.29) is 38.1 Å². The van der Waals surface area contributed by atoms with E-state index in [2.05, 4.69) is 25.9 Å². The molecule has 0 unspecified atom stereocenters. The van der Waals surface area contributed by atoms with Gasteiger partial charge in [0.15, 0.2) is 0 Å². The monoisotopic (exact) mass is 477 g/mol. The molecule has 3 rings (SSSR count). The highest BCUT2D eigenvalue weighted by molar-refractivity contribution is 5.97. The van der Waals surface area contributed by atoms with E-state index in [4.69, 9.17) is 5.73 Å². The zero-order valence-electron chi connectivity index (χ0n) is 18.3. The van der Waals surface area contributed by atoms with Crippen LogP contribution in [0.3, 0.4) is 0 Å². The number of aliphatic carboxylic acids is 1. The number of nitrogens with one attached hydrogen (secondary N) is 4. The number of primary amides is 1. The Balaban J connectivity index is 1.75. The third kappa shape index (κ3) is 6.08. The van der Waals surface area contributed by atoms with Gasteiger partial charge in [0.2, 0.25) is 29.5 Å². The van der Waals surface area contributed by atoms with Crippen LogP contribution in [0.25, 0.3) is 0 Å². The second-order valence-electron chi connectivity index (χ2n) is 8.26. The largest absolute Gasteiger partial charge is 0.480 e. The number of amides is 5. The van der Waals surface area contributed by atoms with E-state index in [9.17, 15) is 33.9 Å². The van der Waals surface area contributed by atoms with Crippen LogP contribution in [0.15, 0.2) is 12.5 Å². The Morgan fingerprint density at radius 3 is 2.56 bits per heavy atom. The van der Waals surface area contributed by atoms with Crippen LogP contribution in [-0.4, -0.2) is 86.2 Å². The molecule has 0 bridgehead atoms. The van der Waals surface area contributed by atoms with Crippen molar-refractivity contribution < 1.29 is 33.9 Å². The highest BCUT2D eigenvalue weighted by Crippen LogP contribution is 2.19. The van der Waals surface area contributed by atoms with E-state index in [0.29, 0.717) is 12.1 Å². The first-order chi connectivity index (χ1) is 16.2. The Kier molecular flexibility index (Phi) is 7.81. The summed E-state index contributed by atoms with van der Waals surface area (Å²) in [5.74, 6) is -4.43. The standard InChI is InChI=1S/C20H27N7O7/c21-15(28)7-13(19(32)27-5-1-2-14(27)20(33)34)26-18(31)12(6-10-8-22-9-23-10)25-17(30)11-3-4-16(29)24-11/h8-9,11-14H,1-7H2,(H2,21,28)(H,22,23)(H,24,29)(H,25,30)(H,26,31)(H,33,34)/t11-,12-,13-,14-/m0/s1. The summed E-state index contributed by atoms with van der Waals surface area (Å²) < 4.78 is 0. The first-order valence-corrected chi connectivity index (χ1v) is 10.8. The number of carbonyl (C=O) groups is 6. The number of aromatic amines is 1. The number of rotatable bonds is 10. The van der Waals surface area contributed by atoms with Gasteiger partial charge in [0, 0.05) is 31.3 Å². The summed E-state index contributed by atoms with van der Waals surface area (Å²) in [4.78, 5) is 81.1. The fourth-order valence-electron chi connectivity index (χ4n) is 4.07. The van der Waals surface area contributed by atoms with E-state index < -0.39 is 60.2 Å². The van der Waals surface area contributed by atoms with Crippen molar-refractivity contribution in [2.75, 3.05) is 6.54 Å². The molecular formula is C20H27N7O7. The number of nitrogens with zero attached hydrogens (tertiary/aromatic N) is 2. The zero-order valence-corrected chi connectivity index (χ0v) is 18.3. The third-order valence-corrected chi connectivity index (χ3v) is 5.76. The van der Waals surface area contributed by atoms with Crippen molar-refractivity contribution in [3.63, 3.8) is 0 Å². The third-order valence-electron chi connectivity index (χ3n) is 5.76. The molecule has 0 radical (unpaired) electrons. The van der Waals surface area contributed by atoms with E-state index in [1.807, 2.05) is 0 Å². The van der Waals surface area contributed by atoms with Crippen molar-refractivity contribution in [2.45, 2.75) is 62.7 Å². The van der Waals surface area contributed by atoms with E-state index in [1.54, 1.807) is 0 Å². The number of likely N-dealkylation sites (tertiary alicyclic amines) is 1. The molecule has 14 heteroatoms. The summed E-state index contributed by atoms with van der Waals surface area (Å²) in [7, 11) is 0. The molecule has 2 saturated heterocycles. The van der Waals surface area contributed by atoms with Crippen molar-refractivity contribution in [3.8, 4) is 0 Å². The summed E-state index contributed by atoms with van der Waals surface area (Å²) in [6.45, 7) is 0.163. The molecule has 2 fully saturated rings. The van der Waals surface area contributed by atoms with Crippen molar-refractivity contribution in [1.82, 2.24) is 30.8 Å². The van der Waals surface area contributed by atoms with Crippen LogP contribution in [0.1, 0.15) is 37.8 Å². The maximum Gasteiger partial charge on any atom is 0.326 e. The number of carbonyl (C=O) groups excluding carboxylic acids is 5. The van der Waals surface area contributed by atoms with E-state index >= 15 is 0 Å². The predicted molar refractivity (Wildman–Crippen MR) is 114 cm³/mol. The molecule has 0 saturated carbocycles. The molecule has 1 aromatic rings. The predicted octanol–water partition coefficient (Wildman–Crippen LogP) is -2.85. The van der Waals surface area contributed by atoms with Gasteiger partial charge in [-0.3, -0.25) is 24.0 Å². The average Bonchev–Trinajstić information content (AvgIpc) is 3.53. The fourth-order valence-corrected chi connectivity index (χ4v) is 4.07. The van der Waals surface area contributed by atoms with Crippen LogP contribution in [0.5, 0.6) is 0 Å². The molecule has 34 heavy (non-hydrogen) atoms. The van der Waals surface area contributed by atoms with Crippen LogP contribution < -0.4 is 21.7 Å². The lowest BCUT2D eigenvalue weighted by Crippen LogP contribution is -2.58. The van der Waals surface area contributed by atoms with Crippen LogP contribution in [0, 0.1) is 0 Å². The smallest absolute Gasteiger partial charge is 0.326 e. The summed E-state index contributed by atoms with van der Waals surface area (Å²) in [6.07, 6.45) is 3.46. The number of hydrogen-bond donors (Lipinski definition) is 6. The number of carboxylic acid groups (broad SMARTS) is 1. The van der Waals surface area contributed by atoms with E-state index in [1.165, 1.54) is 12.5 Å². The molecule has 3 heterocycles. The van der Waals surface area contributed by atoms with Gasteiger partial charge in [-0.15, -0.1) is 0 Å². The van der Waals surface area contributed by atoms with Gasteiger partial charge < -0.3 is 36.7 Å². The zero-order chi connectivity index (χ0) is 24.8. The molecule has 0 aromatic carbocycles. The van der Waals surface area contributed by atoms with Crippen LogP contribution >= 0.6 is 0 Å². The lowest BCUT2D eigenvalue weighted by Gasteiger charge is -2.28. The van der Waals surface area contributed by atoms with Crippen LogP contribution in [0.4, 0.5) is 0 Å². The van der Waals surface area contributed by atoms with Crippen molar-refractivity contribution in [3.05, 3.63) is 18.2 Å². The minimum atomic E-state index is -1.41. The SMILES string of the molecule is NC(=O)C[C@H](NC(=O)[C@H](Cc1cnc[nH]1)NC(=O)[C@@H]1CCC(=O)N1)C(=O)N1CCC[C@H]1C(=O)O. The molecule has 14 nitrogen and oxygen atoms in total. The minimum absolute atomic E-state index is 0.0167. The number of hydrogen-bond acceptors (Lipinski definition) is 7. The summed E-state index contributed by atoms with van der Waals surface area (Å²) >= 11 is 0. The lowest BCUT2D eigenvalue weighted by atomic mass is 10.1. The number of aromatic nitrogens is 2. The van der Waals surface area contributed by atoms with Crippen LogP contribution in [0.2, 0.25) is 0 Å². The maximum absolute atomic E-state index is 13.1. The Bertz CT molecular complexity index is 964. The number of imidazole rings is 1. The second-order valence-corrected chi connectivity index (χ2v) is 8.26. The lowest BCUT2D eigenvalue weighted by molar-refractivity contribution is -0.149. The van der Waals surface area contributed by atoms with Gasteiger partial charge >= 0.3 is 5.97 Å². The first kappa shape index (κ1) is 24.7. The molecule has 2 aliphatic rings. The normalized spacial score (nSPS) is 21.4. The maximum atomic E-state index is 13.1.